The second kappa shape index (κ2) is 17.7. The lowest BCUT2D eigenvalue weighted by molar-refractivity contribution is -0.0177. The normalized spacial score (nSPS) is 20.1. The highest BCUT2D eigenvalue weighted by Gasteiger charge is 2.31. The van der Waals surface area contributed by atoms with Crippen molar-refractivity contribution in [2.75, 3.05) is 52.3 Å². The van der Waals surface area contributed by atoms with Crippen LogP contribution in [0.4, 0.5) is 5.69 Å². The maximum Gasteiger partial charge on any atom is 0.261 e. The molecule has 0 aliphatic carbocycles. The van der Waals surface area contributed by atoms with Crippen LogP contribution in [0.2, 0.25) is 0 Å². The number of benzene rings is 3. The summed E-state index contributed by atoms with van der Waals surface area (Å²) in [4.78, 5) is 18.3. The fraction of sp³-hybridized carbons (Fsp3) is 0.486. The molecule has 268 valence electrons. The number of hydrogen-bond acceptors (Lipinski definition) is 9. The Balaban J connectivity index is 1.62. The van der Waals surface area contributed by atoms with Crippen molar-refractivity contribution in [3.05, 3.63) is 77.9 Å². The van der Waals surface area contributed by atoms with Crippen LogP contribution in [0.1, 0.15) is 56.0 Å². The summed E-state index contributed by atoms with van der Waals surface area (Å²) >= 11 is 0. The van der Waals surface area contributed by atoms with E-state index in [2.05, 4.69) is 23.6 Å². The first kappa shape index (κ1) is 38.0. The molecule has 1 amide bonds. The third kappa shape index (κ3) is 10.6. The maximum absolute atomic E-state index is 14.4. The van der Waals surface area contributed by atoms with E-state index < -0.39 is 16.1 Å². The van der Waals surface area contributed by atoms with Crippen LogP contribution in [-0.4, -0.2) is 95.1 Å². The molecule has 0 bridgehead atoms. The van der Waals surface area contributed by atoms with Gasteiger partial charge >= 0.3 is 0 Å². The third-order valence-electron chi connectivity index (χ3n) is 8.78. The number of amides is 1. The summed E-state index contributed by atoms with van der Waals surface area (Å²) in [6, 6.07) is 18.2. The number of rotatable bonds is 11. The Morgan fingerprint density at radius 1 is 1.00 bits per heavy atom. The van der Waals surface area contributed by atoms with Gasteiger partial charge in [-0.15, -0.1) is 0 Å². The molecule has 0 unspecified atom stereocenters. The van der Waals surface area contributed by atoms with Crippen molar-refractivity contribution in [3.63, 3.8) is 0 Å². The van der Waals surface area contributed by atoms with Gasteiger partial charge in [0.05, 0.1) is 49.5 Å². The molecule has 3 aromatic rings. The van der Waals surface area contributed by atoms with E-state index in [1.54, 1.807) is 43.2 Å². The quantitative estimate of drug-likeness (QED) is 0.270. The number of sulfonamides is 1. The number of hydrogen-bond donors (Lipinski definition) is 2. The molecular formula is C37H51N3O8S. The molecule has 0 saturated carbocycles. The number of aliphatic hydroxyl groups excluding tert-OH is 1. The number of ether oxygens (including phenoxy) is 4. The number of nitrogens with zero attached hydrogens (tertiary/aromatic N) is 2. The molecule has 12 heteroatoms. The Morgan fingerprint density at radius 2 is 1.65 bits per heavy atom. The van der Waals surface area contributed by atoms with E-state index in [-0.39, 0.29) is 46.8 Å². The van der Waals surface area contributed by atoms with Gasteiger partial charge in [-0.3, -0.25) is 14.4 Å². The maximum atomic E-state index is 14.4. The van der Waals surface area contributed by atoms with Gasteiger partial charge in [0.1, 0.15) is 17.2 Å². The van der Waals surface area contributed by atoms with Crippen molar-refractivity contribution in [1.82, 2.24) is 9.80 Å². The second-order valence-electron chi connectivity index (χ2n) is 12.8. The zero-order valence-corrected chi connectivity index (χ0v) is 30.2. The van der Waals surface area contributed by atoms with Gasteiger partial charge in [-0.1, -0.05) is 19.1 Å². The highest BCUT2D eigenvalue weighted by molar-refractivity contribution is 7.92. The van der Waals surface area contributed by atoms with Crippen LogP contribution < -0.4 is 18.9 Å². The number of carbonyl (C=O) groups is 1. The van der Waals surface area contributed by atoms with Crippen LogP contribution in [0.15, 0.2) is 71.6 Å². The number of fused-ring (bicyclic) bond motifs is 1. The molecule has 0 saturated heterocycles. The molecule has 1 heterocycles. The fourth-order valence-corrected chi connectivity index (χ4v) is 6.88. The second-order valence-corrected chi connectivity index (χ2v) is 14.5. The summed E-state index contributed by atoms with van der Waals surface area (Å²) < 4.78 is 52.4. The van der Waals surface area contributed by atoms with Crippen LogP contribution in [-0.2, 0) is 21.3 Å². The molecule has 3 aromatic carbocycles. The Kier molecular flexibility index (Phi) is 13.7. The van der Waals surface area contributed by atoms with Crippen molar-refractivity contribution in [2.45, 2.75) is 69.7 Å². The Labute approximate surface area is 291 Å². The molecule has 1 aliphatic heterocycles. The zero-order valence-electron chi connectivity index (χ0n) is 29.4. The van der Waals surface area contributed by atoms with E-state index in [1.165, 1.54) is 25.3 Å². The lowest BCUT2D eigenvalue weighted by Gasteiger charge is -2.36. The SMILES string of the molecule is COc1ccc(CN(C)C[C@@H]2OCCCC[C@H](C)Oc3ccc(NS(=O)(=O)c4ccc(OC)cc4)cc3C(=O)N([C@@H](C)CO)C[C@H]2C)cc1. The summed E-state index contributed by atoms with van der Waals surface area (Å²) in [5, 5.41) is 10.3. The topological polar surface area (TPSA) is 127 Å². The molecule has 0 spiro atoms. The smallest absolute Gasteiger partial charge is 0.261 e. The van der Waals surface area contributed by atoms with Crippen LogP contribution in [0.25, 0.3) is 0 Å². The van der Waals surface area contributed by atoms with Gasteiger partial charge in [0.2, 0.25) is 0 Å². The summed E-state index contributed by atoms with van der Waals surface area (Å²) in [5.41, 5.74) is 1.57. The highest BCUT2D eigenvalue weighted by Crippen LogP contribution is 2.30. The molecule has 0 aromatic heterocycles. The lowest BCUT2D eigenvalue weighted by atomic mass is 10.0. The molecule has 4 rings (SSSR count). The first-order chi connectivity index (χ1) is 23.4. The van der Waals surface area contributed by atoms with Gasteiger partial charge in [-0.2, -0.15) is 0 Å². The first-order valence-electron chi connectivity index (χ1n) is 16.8. The van der Waals surface area contributed by atoms with E-state index in [0.29, 0.717) is 37.7 Å². The monoisotopic (exact) mass is 697 g/mol. The number of nitrogens with one attached hydrogen (secondary N) is 1. The zero-order chi connectivity index (χ0) is 35.6. The summed E-state index contributed by atoms with van der Waals surface area (Å²) in [5.74, 6) is 1.23. The predicted octanol–water partition coefficient (Wildman–Crippen LogP) is 5.43. The van der Waals surface area contributed by atoms with Gasteiger partial charge in [0, 0.05) is 37.8 Å². The molecule has 2 N–H and O–H groups in total. The molecule has 0 fully saturated rings. The third-order valence-corrected chi connectivity index (χ3v) is 10.2. The lowest BCUT2D eigenvalue weighted by Crippen LogP contribution is -2.47. The van der Waals surface area contributed by atoms with Crippen molar-refractivity contribution in [1.29, 1.82) is 0 Å². The number of aliphatic hydroxyl groups is 1. The summed E-state index contributed by atoms with van der Waals surface area (Å²) in [6.07, 6.45) is 2.08. The van der Waals surface area contributed by atoms with E-state index in [1.807, 2.05) is 31.2 Å². The van der Waals surface area contributed by atoms with Gasteiger partial charge in [-0.05, 0) is 100 Å². The average molecular weight is 698 g/mol. The number of methoxy groups -OCH3 is 2. The van der Waals surface area contributed by atoms with Crippen molar-refractivity contribution >= 4 is 21.6 Å². The fourth-order valence-electron chi connectivity index (χ4n) is 5.83. The molecule has 11 nitrogen and oxygen atoms in total. The minimum absolute atomic E-state index is 0.0527. The molecule has 49 heavy (non-hydrogen) atoms. The minimum atomic E-state index is -3.97. The Hall–Kier alpha value is -3.84. The van der Waals surface area contributed by atoms with E-state index in [0.717, 1.165) is 30.6 Å². The van der Waals surface area contributed by atoms with Crippen molar-refractivity contribution in [2.24, 2.45) is 5.92 Å². The molecule has 1 aliphatic rings. The van der Waals surface area contributed by atoms with Crippen LogP contribution in [0.5, 0.6) is 17.2 Å². The van der Waals surface area contributed by atoms with Crippen LogP contribution >= 0.6 is 0 Å². The average Bonchev–Trinajstić information content (AvgIpc) is 3.09. The van der Waals surface area contributed by atoms with Crippen LogP contribution in [0, 0.1) is 5.92 Å². The molecule has 4 atom stereocenters. The molecular weight excluding hydrogens is 646 g/mol. The Bertz CT molecular complexity index is 1600. The first-order valence-corrected chi connectivity index (χ1v) is 18.2. The van der Waals surface area contributed by atoms with Gasteiger partial charge in [0.15, 0.2) is 0 Å². The minimum Gasteiger partial charge on any atom is -0.497 e. The van der Waals surface area contributed by atoms with E-state index >= 15 is 0 Å². The van der Waals surface area contributed by atoms with E-state index in [9.17, 15) is 18.3 Å². The van der Waals surface area contributed by atoms with Gasteiger partial charge in [-0.25, -0.2) is 8.42 Å². The Morgan fingerprint density at radius 3 is 2.29 bits per heavy atom. The summed E-state index contributed by atoms with van der Waals surface area (Å²) in [6.45, 7) is 7.78. The molecule has 0 radical (unpaired) electrons. The standard InChI is InChI=1S/C37H51N3O8S/c1-26-22-40(27(2)25-41)37(42)34-21-30(38-49(43,44)33-17-15-32(46-6)16-18-33)12-19-35(34)48-28(3)9-7-8-20-47-36(26)24-39(4)23-29-10-13-31(45-5)14-11-29/h10-19,21,26-28,36,38,41H,7-9,20,22-25H2,1-6H3/t26-,27+,28+,36+/m1/s1. The van der Waals surface area contributed by atoms with Crippen LogP contribution in [0.3, 0.4) is 0 Å². The number of carbonyl (C=O) groups excluding carboxylic acids is 1. The van der Waals surface area contributed by atoms with Crippen molar-refractivity contribution < 1.29 is 37.3 Å². The predicted molar refractivity (Wildman–Crippen MR) is 190 cm³/mol. The van der Waals surface area contributed by atoms with Gasteiger partial charge < -0.3 is 29.0 Å². The van der Waals surface area contributed by atoms with Gasteiger partial charge in [0.25, 0.3) is 15.9 Å². The van der Waals surface area contributed by atoms with Crippen molar-refractivity contribution in [3.8, 4) is 17.2 Å². The van der Waals surface area contributed by atoms with E-state index in [4.69, 9.17) is 18.9 Å². The number of anilines is 1. The number of likely N-dealkylation sites (N-methyl/N-ethyl adjacent to an activating group) is 1. The summed E-state index contributed by atoms with van der Waals surface area (Å²) in [7, 11) is 1.24. The largest absolute Gasteiger partial charge is 0.497 e. The highest BCUT2D eigenvalue weighted by atomic mass is 32.2.